The van der Waals surface area contributed by atoms with Gasteiger partial charge in [-0.3, -0.25) is 14.1 Å². The van der Waals surface area contributed by atoms with Crippen molar-refractivity contribution in [1.29, 1.82) is 0 Å². The quantitative estimate of drug-likeness (QED) is 0.346. The molecule has 11 heteroatoms. The van der Waals surface area contributed by atoms with Gasteiger partial charge in [0.25, 0.3) is 0 Å². The Morgan fingerprint density at radius 2 is 1.84 bits per heavy atom. The lowest BCUT2D eigenvalue weighted by molar-refractivity contribution is 0.389. The number of H-pyrrole nitrogens is 1. The molecule has 0 saturated carbocycles. The van der Waals surface area contributed by atoms with Crippen LogP contribution < -0.4 is 5.69 Å². The standard InChI is InChI=1S/C26H30N10O/c1-5-6-9-19-16-35(24-31-28-17-36(24)26(2,3)4)25(37)34(19)15-18-14-27-13-12-20(18)21-10-7-8-11-22(21)23-29-32-33-30-23/h7-8,10-14,16-17H,5-6,9,15H2,1-4H3,(H,29,30,32,33). The lowest BCUT2D eigenvalue weighted by Gasteiger charge is -2.21. The van der Waals surface area contributed by atoms with Gasteiger partial charge in [-0.2, -0.15) is 5.21 Å². The van der Waals surface area contributed by atoms with Crippen LogP contribution in [0.2, 0.25) is 0 Å². The number of aromatic nitrogens is 10. The Labute approximate surface area is 214 Å². The number of pyridine rings is 1. The lowest BCUT2D eigenvalue weighted by Crippen LogP contribution is -2.30. The van der Waals surface area contributed by atoms with E-state index in [0.29, 0.717) is 18.3 Å². The van der Waals surface area contributed by atoms with Crippen molar-refractivity contribution in [3.8, 4) is 28.5 Å². The van der Waals surface area contributed by atoms with Crippen molar-refractivity contribution in [3.63, 3.8) is 0 Å². The number of nitrogens with one attached hydrogen (secondary N) is 1. The number of hydrogen-bond donors (Lipinski definition) is 1. The van der Waals surface area contributed by atoms with Crippen LogP contribution in [0.1, 0.15) is 51.8 Å². The van der Waals surface area contributed by atoms with Gasteiger partial charge >= 0.3 is 5.69 Å². The first-order chi connectivity index (χ1) is 17.9. The summed E-state index contributed by atoms with van der Waals surface area (Å²) in [6.45, 7) is 8.68. The fraction of sp³-hybridized carbons (Fsp3) is 0.346. The van der Waals surface area contributed by atoms with Gasteiger partial charge in [0.2, 0.25) is 11.8 Å². The minimum Gasteiger partial charge on any atom is -0.294 e. The van der Waals surface area contributed by atoms with Crippen molar-refractivity contribution in [1.82, 2.24) is 49.5 Å². The van der Waals surface area contributed by atoms with E-state index < -0.39 is 0 Å². The summed E-state index contributed by atoms with van der Waals surface area (Å²) in [5.41, 5.74) is 4.15. The number of rotatable bonds is 8. The molecule has 0 aliphatic heterocycles. The zero-order valence-corrected chi connectivity index (χ0v) is 21.5. The van der Waals surface area contributed by atoms with Crippen molar-refractivity contribution in [2.75, 3.05) is 0 Å². The molecule has 0 unspecified atom stereocenters. The first kappa shape index (κ1) is 24.3. The first-order valence-corrected chi connectivity index (χ1v) is 12.4. The Bertz CT molecular complexity index is 1550. The number of aromatic amines is 1. The smallest absolute Gasteiger partial charge is 0.294 e. The summed E-state index contributed by atoms with van der Waals surface area (Å²) in [6, 6.07) is 9.84. The van der Waals surface area contributed by atoms with Crippen LogP contribution in [0.3, 0.4) is 0 Å². The second-order valence-corrected chi connectivity index (χ2v) is 9.95. The maximum Gasteiger partial charge on any atom is 0.335 e. The molecule has 4 heterocycles. The minimum absolute atomic E-state index is 0.161. The Balaban J connectivity index is 1.62. The van der Waals surface area contributed by atoms with Gasteiger partial charge in [-0.1, -0.05) is 37.6 Å². The van der Waals surface area contributed by atoms with Gasteiger partial charge in [-0.25, -0.2) is 9.36 Å². The van der Waals surface area contributed by atoms with Crippen LogP contribution in [-0.2, 0) is 18.5 Å². The number of unbranched alkanes of at least 4 members (excludes halogenated alkanes) is 1. The number of hydrogen-bond acceptors (Lipinski definition) is 7. The van der Waals surface area contributed by atoms with Crippen molar-refractivity contribution in [3.05, 3.63) is 77.0 Å². The first-order valence-electron chi connectivity index (χ1n) is 12.4. The number of nitrogens with zero attached hydrogens (tertiary/aromatic N) is 9. The number of imidazole rings is 1. The molecular formula is C26H30N10O. The summed E-state index contributed by atoms with van der Waals surface area (Å²) >= 11 is 0. The third kappa shape index (κ3) is 4.72. The highest BCUT2D eigenvalue weighted by molar-refractivity contribution is 5.81. The van der Waals surface area contributed by atoms with Crippen molar-refractivity contribution < 1.29 is 0 Å². The van der Waals surface area contributed by atoms with Crippen LogP contribution in [-0.4, -0.2) is 49.5 Å². The zero-order chi connectivity index (χ0) is 26.0. The maximum atomic E-state index is 13.8. The van der Waals surface area contributed by atoms with Gasteiger partial charge in [-0.05, 0) is 61.6 Å². The molecule has 190 valence electrons. The molecule has 0 bridgehead atoms. The average Bonchev–Trinajstić information content (AvgIpc) is 3.65. The van der Waals surface area contributed by atoms with Crippen LogP contribution in [0, 0.1) is 0 Å². The van der Waals surface area contributed by atoms with Crippen LogP contribution >= 0.6 is 0 Å². The van der Waals surface area contributed by atoms with Crippen molar-refractivity contribution in [2.45, 2.75) is 59.0 Å². The van der Waals surface area contributed by atoms with E-state index >= 15 is 0 Å². The van der Waals surface area contributed by atoms with Gasteiger partial charge in [0.1, 0.15) is 6.33 Å². The van der Waals surface area contributed by atoms with E-state index in [2.05, 4.69) is 63.5 Å². The summed E-state index contributed by atoms with van der Waals surface area (Å²) in [5.74, 6) is 1.01. The molecule has 5 rings (SSSR count). The zero-order valence-electron chi connectivity index (χ0n) is 21.5. The predicted molar refractivity (Wildman–Crippen MR) is 139 cm³/mol. The molecule has 1 N–H and O–H groups in total. The fourth-order valence-electron chi connectivity index (χ4n) is 4.44. The highest BCUT2D eigenvalue weighted by atomic mass is 16.2. The summed E-state index contributed by atoms with van der Waals surface area (Å²) in [6.07, 6.45) is 9.89. The van der Waals surface area contributed by atoms with E-state index in [1.807, 2.05) is 51.9 Å². The topological polar surface area (TPSA) is 125 Å². The van der Waals surface area contributed by atoms with Gasteiger partial charge < -0.3 is 0 Å². The van der Waals surface area contributed by atoms with E-state index in [-0.39, 0.29) is 11.2 Å². The summed E-state index contributed by atoms with van der Waals surface area (Å²) < 4.78 is 5.33. The molecule has 5 aromatic rings. The minimum atomic E-state index is -0.278. The molecule has 37 heavy (non-hydrogen) atoms. The lowest BCUT2D eigenvalue weighted by atomic mass is 9.96. The molecule has 0 fully saturated rings. The summed E-state index contributed by atoms with van der Waals surface area (Å²) in [4.78, 5) is 18.2. The van der Waals surface area contributed by atoms with Gasteiger partial charge in [0.15, 0.2) is 0 Å². The molecule has 0 amide bonds. The summed E-state index contributed by atoms with van der Waals surface area (Å²) in [7, 11) is 0. The monoisotopic (exact) mass is 498 g/mol. The van der Waals surface area contributed by atoms with E-state index in [0.717, 1.165) is 47.2 Å². The van der Waals surface area contributed by atoms with Crippen LogP contribution in [0.25, 0.3) is 28.5 Å². The highest BCUT2D eigenvalue weighted by Gasteiger charge is 2.23. The molecular weight excluding hydrogens is 468 g/mol. The van der Waals surface area contributed by atoms with E-state index in [1.54, 1.807) is 17.1 Å². The average molecular weight is 499 g/mol. The van der Waals surface area contributed by atoms with Crippen molar-refractivity contribution >= 4 is 0 Å². The largest absolute Gasteiger partial charge is 0.335 e. The Kier molecular flexibility index (Phi) is 6.51. The Morgan fingerprint density at radius 1 is 1.03 bits per heavy atom. The normalized spacial score (nSPS) is 11.8. The fourth-order valence-corrected chi connectivity index (χ4v) is 4.44. The third-order valence-corrected chi connectivity index (χ3v) is 6.35. The molecule has 11 nitrogen and oxygen atoms in total. The molecule has 0 radical (unpaired) electrons. The molecule has 0 aliphatic rings. The third-order valence-electron chi connectivity index (χ3n) is 6.35. The number of benzene rings is 1. The van der Waals surface area contributed by atoms with Gasteiger partial charge in [-0.15, -0.1) is 20.4 Å². The Hall–Kier alpha value is -4.41. The van der Waals surface area contributed by atoms with Crippen molar-refractivity contribution in [2.24, 2.45) is 0 Å². The number of aryl methyl sites for hydroxylation is 1. The van der Waals surface area contributed by atoms with Crippen LogP contribution in [0.5, 0.6) is 0 Å². The summed E-state index contributed by atoms with van der Waals surface area (Å²) in [5, 5.41) is 23.0. The van der Waals surface area contributed by atoms with Crippen LogP contribution in [0.4, 0.5) is 0 Å². The van der Waals surface area contributed by atoms with E-state index in [4.69, 9.17) is 0 Å². The van der Waals surface area contributed by atoms with E-state index in [9.17, 15) is 4.79 Å². The molecule has 0 atom stereocenters. The molecule has 0 saturated heterocycles. The second kappa shape index (κ2) is 9.92. The molecule has 4 aromatic heterocycles. The van der Waals surface area contributed by atoms with Gasteiger partial charge in [0, 0.05) is 35.4 Å². The molecule has 0 spiro atoms. The van der Waals surface area contributed by atoms with E-state index in [1.165, 1.54) is 0 Å². The maximum absolute atomic E-state index is 13.8. The molecule has 0 aliphatic carbocycles. The van der Waals surface area contributed by atoms with Crippen LogP contribution in [0.15, 0.2) is 60.0 Å². The number of tetrazole rings is 1. The molecule has 1 aromatic carbocycles. The second-order valence-electron chi connectivity index (χ2n) is 9.95. The van der Waals surface area contributed by atoms with Gasteiger partial charge in [0.05, 0.1) is 6.54 Å². The SMILES string of the molecule is CCCCc1cn(-c2nncn2C(C)(C)C)c(=O)n1Cc1cnccc1-c1ccccc1-c1nn[nH]n1. The Morgan fingerprint density at radius 3 is 2.57 bits per heavy atom. The predicted octanol–water partition coefficient (Wildman–Crippen LogP) is 3.62. The highest BCUT2D eigenvalue weighted by Crippen LogP contribution is 2.32.